The van der Waals surface area contributed by atoms with Gasteiger partial charge in [-0.15, -0.1) is 0 Å². The Hall–Kier alpha value is -2.92. The average Bonchev–Trinajstić information content (AvgIpc) is 3.10. The van der Waals surface area contributed by atoms with E-state index < -0.39 is 0 Å². The summed E-state index contributed by atoms with van der Waals surface area (Å²) in [6.07, 6.45) is 2.22. The number of benzene rings is 2. The van der Waals surface area contributed by atoms with Crippen LogP contribution in [0.1, 0.15) is 33.6 Å². The van der Waals surface area contributed by atoms with Crippen molar-refractivity contribution in [2.45, 2.75) is 12.5 Å². The predicted octanol–water partition coefficient (Wildman–Crippen LogP) is 3.33. The van der Waals surface area contributed by atoms with Crippen molar-refractivity contribution >= 4 is 11.5 Å². The first-order valence-corrected chi connectivity index (χ1v) is 8.11. The van der Waals surface area contributed by atoms with Gasteiger partial charge in [0.25, 0.3) is 0 Å². The Balaban J connectivity index is 1.85. The van der Waals surface area contributed by atoms with Gasteiger partial charge in [-0.3, -0.25) is 9.69 Å². The van der Waals surface area contributed by atoms with Gasteiger partial charge in [0.05, 0.1) is 12.2 Å². The number of anilines is 1. The molecule has 0 radical (unpaired) electrons. The first-order valence-electron chi connectivity index (χ1n) is 8.11. The largest absolute Gasteiger partial charge is 0.435 e. The molecule has 1 aromatic heterocycles. The number of nitrogens with zero attached hydrogens (tertiary/aromatic N) is 2. The molecular formula is C20H21N3O2. The molecule has 0 spiro atoms. The number of aromatic nitrogens is 1. The summed E-state index contributed by atoms with van der Waals surface area (Å²) in [5.74, 6) is 0.466. The number of ketones is 1. The fraction of sp³-hybridized carbons (Fsp3) is 0.200. The number of oxazole rings is 1. The number of carbonyl (C=O) groups excluding carboxylic acids is 1. The lowest BCUT2D eigenvalue weighted by atomic mass is 10.1. The zero-order valence-electron chi connectivity index (χ0n) is 14.3. The third-order valence-corrected chi connectivity index (χ3v) is 4.13. The molecule has 0 aliphatic carbocycles. The maximum atomic E-state index is 12.6. The van der Waals surface area contributed by atoms with Crippen molar-refractivity contribution in [3.8, 4) is 0 Å². The molecule has 5 heteroatoms. The predicted molar refractivity (Wildman–Crippen MR) is 97.4 cm³/mol. The van der Waals surface area contributed by atoms with E-state index in [9.17, 15) is 4.79 Å². The molecule has 0 fully saturated rings. The summed E-state index contributed by atoms with van der Waals surface area (Å²) in [5, 5.41) is 0. The topological polar surface area (TPSA) is 72.4 Å². The monoisotopic (exact) mass is 335 g/mol. The minimum atomic E-state index is -0.255. The van der Waals surface area contributed by atoms with Gasteiger partial charge < -0.3 is 10.2 Å². The van der Waals surface area contributed by atoms with Crippen LogP contribution in [0.25, 0.3) is 0 Å². The van der Waals surface area contributed by atoms with Crippen molar-refractivity contribution < 1.29 is 9.21 Å². The molecule has 1 heterocycles. The van der Waals surface area contributed by atoms with Gasteiger partial charge in [-0.2, -0.15) is 0 Å². The van der Waals surface area contributed by atoms with Gasteiger partial charge in [0.15, 0.2) is 5.76 Å². The Morgan fingerprint density at radius 2 is 1.80 bits per heavy atom. The quantitative estimate of drug-likeness (QED) is 0.552. The SMILES string of the molecule is CN(C)C(Cc1ccccc1)c1ncc(C(=O)c2ccccc2N)o1. The minimum Gasteiger partial charge on any atom is -0.435 e. The third-order valence-electron chi connectivity index (χ3n) is 4.13. The lowest BCUT2D eigenvalue weighted by Gasteiger charge is -2.21. The number of nitrogens with two attached hydrogens (primary N) is 1. The average molecular weight is 335 g/mol. The molecule has 2 N–H and O–H groups in total. The summed E-state index contributed by atoms with van der Waals surface area (Å²) < 4.78 is 5.79. The molecule has 2 aromatic carbocycles. The van der Waals surface area contributed by atoms with Gasteiger partial charge in [-0.25, -0.2) is 4.98 Å². The van der Waals surface area contributed by atoms with Crippen molar-refractivity contribution in [2.24, 2.45) is 0 Å². The van der Waals surface area contributed by atoms with Gasteiger partial charge >= 0.3 is 0 Å². The number of carbonyl (C=O) groups is 1. The molecule has 25 heavy (non-hydrogen) atoms. The Bertz CT molecular complexity index is 856. The van der Waals surface area contributed by atoms with Crippen LogP contribution in [0.5, 0.6) is 0 Å². The van der Waals surface area contributed by atoms with E-state index in [1.54, 1.807) is 24.3 Å². The molecule has 0 saturated heterocycles. The zero-order valence-corrected chi connectivity index (χ0v) is 14.3. The highest BCUT2D eigenvalue weighted by Crippen LogP contribution is 2.24. The van der Waals surface area contributed by atoms with E-state index in [1.165, 1.54) is 11.8 Å². The van der Waals surface area contributed by atoms with Gasteiger partial charge in [-0.1, -0.05) is 42.5 Å². The second-order valence-corrected chi connectivity index (χ2v) is 6.15. The summed E-state index contributed by atoms with van der Waals surface area (Å²) in [4.78, 5) is 19.0. The standard InChI is InChI=1S/C20H21N3O2/c1-23(2)17(12-14-8-4-3-5-9-14)20-22-13-18(25-20)19(24)15-10-6-7-11-16(15)21/h3-11,13,17H,12,21H2,1-2H3. The number of hydrogen-bond acceptors (Lipinski definition) is 5. The van der Waals surface area contributed by atoms with E-state index in [2.05, 4.69) is 17.1 Å². The van der Waals surface area contributed by atoms with E-state index in [-0.39, 0.29) is 17.6 Å². The van der Waals surface area contributed by atoms with Gasteiger partial charge in [0, 0.05) is 11.3 Å². The highest BCUT2D eigenvalue weighted by atomic mass is 16.4. The highest BCUT2D eigenvalue weighted by molar-refractivity contribution is 6.10. The molecule has 0 aliphatic heterocycles. The van der Waals surface area contributed by atoms with Crippen LogP contribution >= 0.6 is 0 Å². The summed E-state index contributed by atoms with van der Waals surface area (Å²) in [7, 11) is 3.93. The third kappa shape index (κ3) is 3.78. The molecular weight excluding hydrogens is 314 g/mol. The van der Waals surface area contributed by atoms with Crippen molar-refractivity contribution in [1.82, 2.24) is 9.88 Å². The fourth-order valence-electron chi connectivity index (χ4n) is 2.71. The maximum Gasteiger partial charge on any atom is 0.231 e. The van der Waals surface area contributed by atoms with Crippen LogP contribution in [0.4, 0.5) is 5.69 Å². The molecule has 0 aliphatic rings. The summed E-state index contributed by atoms with van der Waals surface area (Å²) in [6, 6.07) is 17.0. The fourth-order valence-corrected chi connectivity index (χ4v) is 2.71. The lowest BCUT2D eigenvalue weighted by molar-refractivity contribution is 0.100. The summed E-state index contributed by atoms with van der Waals surface area (Å²) in [6.45, 7) is 0. The van der Waals surface area contributed by atoms with E-state index in [4.69, 9.17) is 10.2 Å². The number of nitrogen functional groups attached to an aromatic ring is 1. The molecule has 5 nitrogen and oxygen atoms in total. The van der Waals surface area contributed by atoms with E-state index in [0.717, 1.165) is 6.42 Å². The number of likely N-dealkylation sites (N-methyl/N-ethyl adjacent to an activating group) is 1. The molecule has 0 amide bonds. The van der Waals surface area contributed by atoms with Crippen molar-refractivity contribution in [1.29, 1.82) is 0 Å². The molecule has 1 atom stereocenters. The van der Waals surface area contributed by atoms with Gasteiger partial charge in [0.2, 0.25) is 11.7 Å². The molecule has 0 saturated carbocycles. The second kappa shape index (κ2) is 7.32. The van der Waals surface area contributed by atoms with Gasteiger partial charge in [0.1, 0.15) is 0 Å². The van der Waals surface area contributed by atoms with E-state index >= 15 is 0 Å². The molecule has 1 unspecified atom stereocenters. The van der Waals surface area contributed by atoms with Crippen LogP contribution in [0.3, 0.4) is 0 Å². The van der Waals surface area contributed by atoms with Crippen LogP contribution in [-0.4, -0.2) is 29.8 Å². The minimum absolute atomic E-state index is 0.0583. The normalized spacial score (nSPS) is 12.3. The molecule has 0 bridgehead atoms. The maximum absolute atomic E-state index is 12.6. The number of rotatable bonds is 6. The van der Waals surface area contributed by atoms with Crippen molar-refractivity contribution in [3.63, 3.8) is 0 Å². The zero-order chi connectivity index (χ0) is 17.8. The Kier molecular flexibility index (Phi) is 4.95. The van der Waals surface area contributed by atoms with Gasteiger partial charge in [-0.05, 0) is 38.2 Å². The van der Waals surface area contributed by atoms with Crippen LogP contribution in [0.15, 0.2) is 65.2 Å². The second-order valence-electron chi connectivity index (χ2n) is 6.15. The van der Waals surface area contributed by atoms with Crippen LogP contribution < -0.4 is 5.73 Å². The highest BCUT2D eigenvalue weighted by Gasteiger charge is 2.23. The summed E-state index contributed by atoms with van der Waals surface area (Å²) >= 11 is 0. The van der Waals surface area contributed by atoms with Crippen LogP contribution in [0, 0.1) is 0 Å². The Labute approximate surface area is 147 Å². The van der Waals surface area contributed by atoms with Crippen LogP contribution in [-0.2, 0) is 6.42 Å². The van der Waals surface area contributed by atoms with E-state index in [1.807, 2.05) is 37.2 Å². The summed E-state index contributed by atoms with van der Waals surface area (Å²) in [5.41, 5.74) is 7.92. The van der Waals surface area contributed by atoms with Crippen molar-refractivity contribution in [2.75, 3.05) is 19.8 Å². The molecule has 128 valence electrons. The Morgan fingerprint density at radius 3 is 2.48 bits per heavy atom. The Morgan fingerprint density at radius 1 is 1.12 bits per heavy atom. The molecule has 3 aromatic rings. The first kappa shape index (κ1) is 16.9. The smallest absolute Gasteiger partial charge is 0.231 e. The first-order chi connectivity index (χ1) is 12.1. The van der Waals surface area contributed by atoms with E-state index in [0.29, 0.717) is 17.1 Å². The van der Waals surface area contributed by atoms with Crippen LogP contribution in [0.2, 0.25) is 0 Å². The lowest BCUT2D eigenvalue weighted by Crippen LogP contribution is -2.22. The number of para-hydroxylation sites is 1. The number of hydrogen-bond donors (Lipinski definition) is 1. The molecule has 3 rings (SSSR count). The van der Waals surface area contributed by atoms with Crippen molar-refractivity contribution in [3.05, 3.63) is 83.6 Å².